The van der Waals surface area contributed by atoms with E-state index in [1.807, 2.05) is 11.3 Å². The third kappa shape index (κ3) is 3.78. The lowest BCUT2D eigenvalue weighted by molar-refractivity contribution is -0.0553. The van der Waals surface area contributed by atoms with Crippen LogP contribution in [0.1, 0.15) is 36.6 Å². The normalized spacial score (nSPS) is 22.9. The zero-order valence-corrected chi connectivity index (χ0v) is 13.3. The van der Waals surface area contributed by atoms with Crippen LogP contribution in [0, 0.1) is 6.92 Å². The third-order valence-corrected chi connectivity index (χ3v) is 4.80. The molecule has 19 heavy (non-hydrogen) atoms. The number of likely N-dealkylation sites (N-methyl/N-ethyl adjacent to an activating group) is 1. The topological polar surface area (TPSA) is 24.5 Å². The van der Waals surface area contributed by atoms with Gasteiger partial charge in [0.15, 0.2) is 0 Å². The lowest BCUT2D eigenvalue weighted by Gasteiger charge is -2.39. The number of thiophene rings is 1. The van der Waals surface area contributed by atoms with Gasteiger partial charge in [0.25, 0.3) is 0 Å². The Morgan fingerprint density at radius 1 is 1.47 bits per heavy atom. The molecular weight excluding hydrogens is 256 g/mol. The minimum atomic E-state index is 0.258. The van der Waals surface area contributed by atoms with Crippen molar-refractivity contribution in [3.05, 3.63) is 21.9 Å². The van der Waals surface area contributed by atoms with Crippen molar-refractivity contribution >= 4 is 11.3 Å². The summed E-state index contributed by atoms with van der Waals surface area (Å²) in [6.45, 7) is 12.7. The molecule has 1 aliphatic rings. The average molecular weight is 282 g/mol. The maximum absolute atomic E-state index is 6.04. The molecule has 4 heteroatoms. The highest BCUT2D eigenvalue weighted by atomic mass is 32.1. The average Bonchev–Trinajstić information content (AvgIpc) is 2.82. The number of aryl methyl sites for hydroxylation is 1. The molecule has 2 rings (SSSR count). The number of nitrogens with zero attached hydrogens (tertiary/aromatic N) is 1. The highest BCUT2D eigenvalue weighted by Gasteiger charge is 2.30. The molecule has 0 bridgehead atoms. The lowest BCUT2D eigenvalue weighted by atomic mass is 10.1. The van der Waals surface area contributed by atoms with Gasteiger partial charge in [0.05, 0.1) is 18.8 Å². The Morgan fingerprint density at radius 2 is 2.26 bits per heavy atom. The molecule has 1 aromatic rings. The van der Waals surface area contributed by atoms with Crippen LogP contribution < -0.4 is 5.32 Å². The van der Waals surface area contributed by atoms with Gasteiger partial charge < -0.3 is 10.1 Å². The van der Waals surface area contributed by atoms with Gasteiger partial charge in [-0.25, -0.2) is 0 Å². The van der Waals surface area contributed by atoms with Gasteiger partial charge in [-0.1, -0.05) is 6.92 Å². The summed E-state index contributed by atoms with van der Waals surface area (Å²) in [4.78, 5) is 5.28. The van der Waals surface area contributed by atoms with Crippen LogP contribution in [-0.4, -0.2) is 43.3 Å². The number of morpholine rings is 1. The molecule has 1 N–H and O–H groups in total. The summed E-state index contributed by atoms with van der Waals surface area (Å²) in [5.74, 6) is 0. The molecular formula is C15H26N2OS. The van der Waals surface area contributed by atoms with Crippen LogP contribution in [0.5, 0.6) is 0 Å². The van der Waals surface area contributed by atoms with Crippen LogP contribution in [0.25, 0.3) is 0 Å². The van der Waals surface area contributed by atoms with Gasteiger partial charge in [-0.05, 0) is 39.4 Å². The highest BCUT2D eigenvalue weighted by molar-refractivity contribution is 7.12. The largest absolute Gasteiger partial charge is 0.374 e. The molecule has 1 fully saturated rings. The summed E-state index contributed by atoms with van der Waals surface area (Å²) in [6.07, 6.45) is 0.258. The Bertz CT molecular complexity index is 391. The Kier molecular flexibility index (Phi) is 5.39. The van der Waals surface area contributed by atoms with Gasteiger partial charge >= 0.3 is 0 Å². The summed E-state index contributed by atoms with van der Waals surface area (Å²) in [5.41, 5.74) is 0. The molecule has 0 aromatic carbocycles. The van der Waals surface area contributed by atoms with Crippen molar-refractivity contribution < 1.29 is 4.74 Å². The SMILES string of the molecule is CCNC(c1ccc(C)s1)C1CN(C(C)C)CCO1. The van der Waals surface area contributed by atoms with Crippen molar-refractivity contribution in [3.8, 4) is 0 Å². The van der Waals surface area contributed by atoms with Crippen LogP contribution in [0.2, 0.25) is 0 Å². The van der Waals surface area contributed by atoms with Crippen molar-refractivity contribution in [1.29, 1.82) is 0 Å². The Balaban J connectivity index is 2.10. The quantitative estimate of drug-likeness (QED) is 0.899. The van der Waals surface area contributed by atoms with Crippen LogP contribution in [0.15, 0.2) is 12.1 Å². The second-order valence-corrected chi connectivity index (χ2v) is 6.80. The Labute approximate surface area is 121 Å². The van der Waals surface area contributed by atoms with E-state index in [-0.39, 0.29) is 6.10 Å². The summed E-state index contributed by atoms with van der Waals surface area (Å²) in [6, 6.07) is 5.36. The minimum Gasteiger partial charge on any atom is -0.374 e. The van der Waals surface area contributed by atoms with Crippen LogP contribution >= 0.6 is 11.3 Å². The van der Waals surface area contributed by atoms with E-state index in [9.17, 15) is 0 Å². The van der Waals surface area contributed by atoms with Crippen molar-refractivity contribution in [2.24, 2.45) is 0 Å². The van der Waals surface area contributed by atoms with Gasteiger partial charge in [-0.15, -0.1) is 11.3 Å². The third-order valence-electron chi connectivity index (χ3n) is 3.72. The van der Waals surface area contributed by atoms with Crippen LogP contribution in [0.4, 0.5) is 0 Å². The number of hydrogen-bond acceptors (Lipinski definition) is 4. The zero-order valence-electron chi connectivity index (χ0n) is 12.5. The molecule has 1 aromatic heterocycles. The summed E-state index contributed by atoms with van der Waals surface area (Å²) in [7, 11) is 0. The standard InChI is InChI=1S/C15H26N2OS/c1-5-16-15(14-7-6-12(4)19-14)13-10-17(11(2)3)8-9-18-13/h6-7,11,13,15-16H,5,8-10H2,1-4H3. The molecule has 0 radical (unpaired) electrons. The fourth-order valence-corrected chi connectivity index (χ4v) is 3.63. The van der Waals surface area contributed by atoms with Gasteiger partial charge in [-0.3, -0.25) is 4.90 Å². The van der Waals surface area contributed by atoms with E-state index >= 15 is 0 Å². The summed E-state index contributed by atoms with van der Waals surface area (Å²) in [5, 5.41) is 3.60. The molecule has 108 valence electrons. The van der Waals surface area contributed by atoms with Gasteiger partial charge in [0.2, 0.25) is 0 Å². The molecule has 2 heterocycles. The molecule has 3 nitrogen and oxygen atoms in total. The molecule has 0 amide bonds. The minimum absolute atomic E-state index is 0.258. The molecule has 0 spiro atoms. The first kappa shape index (κ1) is 15.0. The van der Waals surface area contributed by atoms with E-state index in [0.29, 0.717) is 12.1 Å². The lowest BCUT2D eigenvalue weighted by Crippen LogP contribution is -2.50. The predicted octanol–water partition coefficient (Wildman–Crippen LogP) is 2.82. The molecule has 0 saturated carbocycles. The van der Waals surface area contributed by atoms with Crippen molar-refractivity contribution in [2.45, 2.75) is 45.9 Å². The van der Waals surface area contributed by atoms with Crippen molar-refractivity contribution in [1.82, 2.24) is 10.2 Å². The summed E-state index contributed by atoms with van der Waals surface area (Å²) < 4.78 is 6.04. The molecule has 1 aliphatic heterocycles. The highest BCUT2D eigenvalue weighted by Crippen LogP contribution is 2.28. The smallest absolute Gasteiger partial charge is 0.0905 e. The van der Waals surface area contributed by atoms with E-state index < -0.39 is 0 Å². The van der Waals surface area contributed by atoms with E-state index in [1.54, 1.807) is 0 Å². The molecule has 0 aliphatic carbocycles. The Morgan fingerprint density at radius 3 is 2.84 bits per heavy atom. The fourth-order valence-electron chi connectivity index (χ4n) is 2.62. The number of nitrogens with one attached hydrogen (secondary N) is 1. The predicted molar refractivity (Wildman–Crippen MR) is 81.9 cm³/mol. The number of hydrogen-bond donors (Lipinski definition) is 1. The second kappa shape index (κ2) is 6.84. The van der Waals surface area contributed by atoms with E-state index in [4.69, 9.17) is 4.74 Å². The van der Waals surface area contributed by atoms with E-state index in [1.165, 1.54) is 9.75 Å². The number of rotatable bonds is 5. The van der Waals surface area contributed by atoms with Gasteiger partial charge in [0.1, 0.15) is 0 Å². The van der Waals surface area contributed by atoms with E-state index in [0.717, 1.165) is 26.2 Å². The first-order valence-electron chi connectivity index (χ1n) is 7.27. The monoisotopic (exact) mass is 282 g/mol. The maximum Gasteiger partial charge on any atom is 0.0905 e. The zero-order chi connectivity index (χ0) is 13.8. The molecule has 2 unspecified atom stereocenters. The number of ether oxygens (including phenoxy) is 1. The van der Waals surface area contributed by atoms with Crippen molar-refractivity contribution in [2.75, 3.05) is 26.2 Å². The van der Waals surface area contributed by atoms with Crippen LogP contribution in [-0.2, 0) is 4.74 Å². The first-order chi connectivity index (χ1) is 9.11. The van der Waals surface area contributed by atoms with Crippen molar-refractivity contribution in [3.63, 3.8) is 0 Å². The summed E-state index contributed by atoms with van der Waals surface area (Å²) >= 11 is 1.88. The maximum atomic E-state index is 6.04. The Hall–Kier alpha value is -0.420. The van der Waals surface area contributed by atoms with Crippen LogP contribution in [0.3, 0.4) is 0 Å². The fraction of sp³-hybridized carbons (Fsp3) is 0.733. The molecule has 1 saturated heterocycles. The van der Waals surface area contributed by atoms with E-state index in [2.05, 4.69) is 50.0 Å². The first-order valence-corrected chi connectivity index (χ1v) is 8.08. The van der Waals surface area contributed by atoms with Gasteiger partial charge in [0, 0.05) is 28.9 Å². The van der Waals surface area contributed by atoms with Gasteiger partial charge in [-0.2, -0.15) is 0 Å². The molecule has 2 atom stereocenters. The second-order valence-electron chi connectivity index (χ2n) is 5.48.